The standard InChI is InChI=1S/C54H34N2S/c1-3-13-35(14-4-1)40-29-39-18-10-11-21-44(39)50(31-40)55(43-24-26-46-48-30-37-16-7-8-17-38(37)32-52(48)57-53(46)34-43)42-25-27-47-51(33-42)56(41-19-5-2-6-20-41)49-28-23-36-15-9-12-22-45(36)54(47)49/h1-34H. The first-order valence-electron chi connectivity index (χ1n) is 19.5. The molecule has 2 nitrogen and oxygen atoms in total. The fraction of sp³-hybridized carbons (Fsp3) is 0. The Morgan fingerprint density at radius 2 is 0.982 bits per heavy atom. The third-order valence-electron chi connectivity index (χ3n) is 11.7. The molecule has 0 atom stereocenters. The van der Waals surface area contributed by atoms with Gasteiger partial charge in [-0.15, -0.1) is 11.3 Å². The summed E-state index contributed by atoms with van der Waals surface area (Å²) < 4.78 is 5.03. The SMILES string of the molecule is c1ccc(-c2cc(N(c3ccc4c(c3)sc3cc5ccccc5cc34)c3ccc4c5c6ccccc6ccc5n(-c5ccccc5)c4c3)c3ccccc3c2)cc1. The molecule has 0 aliphatic carbocycles. The van der Waals surface area contributed by atoms with Gasteiger partial charge < -0.3 is 9.47 Å². The number of thiophene rings is 1. The normalized spacial score (nSPS) is 11.9. The molecule has 0 N–H and O–H groups in total. The van der Waals surface area contributed by atoms with E-state index in [1.165, 1.54) is 85.4 Å². The Labute approximate surface area is 333 Å². The van der Waals surface area contributed by atoms with E-state index in [0.717, 1.165) is 22.7 Å². The van der Waals surface area contributed by atoms with E-state index in [1.54, 1.807) is 0 Å². The zero-order chi connectivity index (χ0) is 37.5. The van der Waals surface area contributed by atoms with Gasteiger partial charge in [0, 0.05) is 53.4 Å². The predicted molar refractivity (Wildman–Crippen MR) is 246 cm³/mol. The van der Waals surface area contributed by atoms with Gasteiger partial charge in [0.05, 0.1) is 16.7 Å². The van der Waals surface area contributed by atoms with E-state index < -0.39 is 0 Å². The predicted octanol–water partition coefficient (Wildman–Crippen LogP) is 15.7. The highest BCUT2D eigenvalue weighted by Gasteiger charge is 2.22. The van der Waals surface area contributed by atoms with Crippen LogP contribution in [0.1, 0.15) is 0 Å². The molecule has 0 saturated heterocycles. The zero-order valence-corrected chi connectivity index (χ0v) is 31.7. The van der Waals surface area contributed by atoms with E-state index in [2.05, 4.69) is 216 Å². The van der Waals surface area contributed by atoms with E-state index in [1.807, 2.05) is 11.3 Å². The molecule has 12 rings (SSSR count). The minimum atomic E-state index is 1.10. The highest BCUT2D eigenvalue weighted by molar-refractivity contribution is 7.26. The molecular weight excluding hydrogens is 709 g/mol. The average Bonchev–Trinajstić information content (AvgIpc) is 3.80. The average molecular weight is 743 g/mol. The van der Waals surface area contributed by atoms with Crippen LogP contribution >= 0.6 is 11.3 Å². The maximum Gasteiger partial charge on any atom is 0.0562 e. The minimum Gasteiger partial charge on any atom is -0.310 e. The van der Waals surface area contributed by atoms with Gasteiger partial charge in [0.25, 0.3) is 0 Å². The largest absolute Gasteiger partial charge is 0.310 e. The molecule has 57 heavy (non-hydrogen) atoms. The number of fused-ring (bicyclic) bond motifs is 10. The molecule has 12 aromatic rings. The van der Waals surface area contributed by atoms with Crippen molar-refractivity contribution < 1.29 is 0 Å². The summed E-state index contributed by atoms with van der Waals surface area (Å²) in [5.41, 5.74) is 9.28. The van der Waals surface area contributed by atoms with Crippen LogP contribution in [0.25, 0.3) is 91.1 Å². The van der Waals surface area contributed by atoms with Crippen molar-refractivity contribution in [3.8, 4) is 16.8 Å². The summed E-state index contributed by atoms with van der Waals surface area (Å²) in [4.78, 5) is 2.49. The van der Waals surface area contributed by atoms with Crippen molar-refractivity contribution in [2.24, 2.45) is 0 Å². The molecule has 0 aliphatic rings. The van der Waals surface area contributed by atoms with Crippen LogP contribution in [0, 0.1) is 0 Å². The first-order valence-corrected chi connectivity index (χ1v) is 20.3. The maximum atomic E-state index is 2.49. The molecule has 0 unspecified atom stereocenters. The monoisotopic (exact) mass is 742 g/mol. The lowest BCUT2D eigenvalue weighted by Crippen LogP contribution is -2.11. The van der Waals surface area contributed by atoms with Crippen molar-refractivity contribution in [1.29, 1.82) is 0 Å². The second-order valence-electron chi connectivity index (χ2n) is 14.9. The van der Waals surface area contributed by atoms with E-state index in [4.69, 9.17) is 0 Å². The van der Waals surface area contributed by atoms with E-state index in [0.29, 0.717) is 0 Å². The van der Waals surface area contributed by atoms with Gasteiger partial charge in [-0.25, -0.2) is 0 Å². The van der Waals surface area contributed by atoms with Crippen molar-refractivity contribution in [2.75, 3.05) is 4.90 Å². The molecule has 0 spiro atoms. The second kappa shape index (κ2) is 12.7. The third-order valence-corrected chi connectivity index (χ3v) is 12.8. The van der Waals surface area contributed by atoms with Crippen molar-refractivity contribution in [1.82, 2.24) is 4.57 Å². The van der Waals surface area contributed by atoms with Gasteiger partial charge in [-0.3, -0.25) is 0 Å². The summed E-state index contributed by atoms with van der Waals surface area (Å²) in [5, 5.41) is 12.6. The van der Waals surface area contributed by atoms with Crippen molar-refractivity contribution in [2.45, 2.75) is 0 Å². The van der Waals surface area contributed by atoms with E-state index in [9.17, 15) is 0 Å². The Hall–Kier alpha value is -7.20. The van der Waals surface area contributed by atoms with Crippen LogP contribution in [0.3, 0.4) is 0 Å². The number of para-hydroxylation sites is 1. The van der Waals surface area contributed by atoms with Crippen molar-refractivity contribution in [3.63, 3.8) is 0 Å². The molecule has 0 amide bonds. The van der Waals surface area contributed by atoms with Crippen molar-refractivity contribution >= 4 is 103 Å². The lowest BCUT2D eigenvalue weighted by molar-refractivity contribution is 1.18. The van der Waals surface area contributed by atoms with Crippen LogP contribution < -0.4 is 4.90 Å². The summed E-state index contributed by atoms with van der Waals surface area (Å²) in [6.07, 6.45) is 0. The van der Waals surface area contributed by atoms with Gasteiger partial charge in [0.1, 0.15) is 0 Å². The summed E-state index contributed by atoms with van der Waals surface area (Å²) in [7, 11) is 0. The molecule has 0 bridgehead atoms. The number of aromatic nitrogens is 1. The number of nitrogens with zero attached hydrogens (tertiary/aromatic N) is 2. The Morgan fingerprint density at radius 1 is 0.351 bits per heavy atom. The van der Waals surface area contributed by atoms with Gasteiger partial charge in [-0.1, -0.05) is 140 Å². The summed E-state index contributed by atoms with van der Waals surface area (Å²) in [6.45, 7) is 0. The van der Waals surface area contributed by atoms with Crippen molar-refractivity contribution in [3.05, 3.63) is 206 Å². The fourth-order valence-electron chi connectivity index (χ4n) is 9.06. The lowest BCUT2D eigenvalue weighted by atomic mass is 9.98. The smallest absolute Gasteiger partial charge is 0.0562 e. The summed E-state index contributed by atoms with van der Waals surface area (Å²) in [5.74, 6) is 0. The molecule has 10 aromatic carbocycles. The van der Waals surface area contributed by atoms with Gasteiger partial charge in [0.15, 0.2) is 0 Å². The molecular formula is C54H34N2S. The first-order chi connectivity index (χ1) is 28.2. The van der Waals surface area contributed by atoms with E-state index >= 15 is 0 Å². The van der Waals surface area contributed by atoms with Gasteiger partial charge in [-0.05, 0) is 105 Å². The van der Waals surface area contributed by atoms with Crippen LogP contribution in [-0.4, -0.2) is 4.57 Å². The van der Waals surface area contributed by atoms with Gasteiger partial charge >= 0.3 is 0 Å². The van der Waals surface area contributed by atoms with Crippen LogP contribution in [0.4, 0.5) is 17.1 Å². The maximum absolute atomic E-state index is 2.49. The number of benzene rings is 10. The van der Waals surface area contributed by atoms with Crippen LogP contribution in [0.15, 0.2) is 206 Å². The third kappa shape index (κ3) is 5.10. The Balaban J connectivity index is 1.16. The number of hydrogen-bond acceptors (Lipinski definition) is 2. The number of anilines is 3. The van der Waals surface area contributed by atoms with Crippen LogP contribution in [-0.2, 0) is 0 Å². The van der Waals surface area contributed by atoms with Gasteiger partial charge in [0.2, 0.25) is 0 Å². The van der Waals surface area contributed by atoms with Gasteiger partial charge in [-0.2, -0.15) is 0 Å². The van der Waals surface area contributed by atoms with E-state index in [-0.39, 0.29) is 0 Å². The van der Waals surface area contributed by atoms with Crippen LogP contribution in [0.2, 0.25) is 0 Å². The topological polar surface area (TPSA) is 8.17 Å². The molecule has 2 heterocycles. The molecule has 0 saturated carbocycles. The Morgan fingerprint density at radius 3 is 1.79 bits per heavy atom. The molecule has 0 radical (unpaired) electrons. The number of rotatable bonds is 5. The lowest BCUT2D eigenvalue weighted by Gasteiger charge is -2.28. The molecule has 0 fully saturated rings. The molecule has 266 valence electrons. The quantitative estimate of drug-likeness (QED) is 0.170. The minimum absolute atomic E-state index is 1.10. The summed E-state index contributed by atoms with van der Waals surface area (Å²) >= 11 is 1.88. The summed E-state index contributed by atoms with van der Waals surface area (Å²) in [6, 6.07) is 75.9. The Kier molecular flexibility index (Phi) is 7.13. The molecule has 0 aliphatic heterocycles. The Bertz CT molecular complexity index is 3520. The second-order valence-corrected chi connectivity index (χ2v) is 16.0. The van der Waals surface area contributed by atoms with Crippen LogP contribution in [0.5, 0.6) is 0 Å². The number of hydrogen-bond donors (Lipinski definition) is 0. The first kappa shape index (κ1) is 32.1. The molecule has 3 heteroatoms. The zero-order valence-electron chi connectivity index (χ0n) is 30.9. The fourth-order valence-corrected chi connectivity index (χ4v) is 10.2. The highest BCUT2D eigenvalue weighted by atomic mass is 32.1. The highest BCUT2D eigenvalue weighted by Crippen LogP contribution is 2.46. The molecule has 2 aromatic heterocycles.